The molecular formula is C5H11NS. The van der Waals surface area contributed by atoms with Gasteiger partial charge in [-0.15, -0.1) is 0 Å². The Kier molecular flexibility index (Phi) is 7.94. The van der Waals surface area contributed by atoms with Crippen molar-refractivity contribution >= 4 is 11.3 Å². The third-order valence-electron chi connectivity index (χ3n) is 0.425. The maximum absolute atomic E-state index is 2.04. The number of rotatable bonds is 0. The van der Waals surface area contributed by atoms with Crippen molar-refractivity contribution < 1.29 is 0 Å². The Morgan fingerprint density at radius 3 is 1.57 bits per heavy atom. The van der Waals surface area contributed by atoms with Crippen LogP contribution in [0, 0.1) is 0 Å². The van der Waals surface area contributed by atoms with Crippen LogP contribution in [0.4, 0.5) is 0 Å². The van der Waals surface area contributed by atoms with E-state index in [0.29, 0.717) is 0 Å². The molecule has 1 rings (SSSR count). The fourth-order valence-corrected chi connectivity index (χ4v) is 0.680. The standard InChI is InChI=1S/C4H4S.CH4.H3N/c1-2-4-5-3-1;;/h1-4H;1H4;1H3. The van der Waals surface area contributed by atoms with Gasteiger partial charge in [0.15, 0.2) is 0 Å². The smallest absolute Gasteiger partial charge is 0.00934 e. The summed E-state index contributed by atoms with van der Waals surface area (Å²) in [5.74, 6) is 0. The van der Waals surface area contributed by atoms with Crippen molar-refractivity contribution in [2.45, 2.75) is 7.43 Å². The van der Waals surface area contributed by atoms with E-state index in [4.69, 9.17) is 0 Å². The van der Waals surface area contributed by atoms with E-state index in [9.17, 15) is 0 Å². The Morgan fingerprint density at radius 2 is 1.43 bits per heavy atom. The van der Waals surface area contributed by atoms with Gasteiger partial charge in [0.1, 0.15) is 0 Å². The average molecular weight is 117 g/mol. The van der Waals surface area contributed by atoms with Gasteiger partial charge in [0, 0.05) is 0 Å². The minimum absolute atomic E-state index is 0. The molecule has 0 spiro atoms. The molecule has 0 aliphatic carbocycles. The van der Waals surface area contributed by atoms with Crippen molar-refractivity contribution in [3.63, 3.8) is 0 Å². The summed E-state index contributed by atoms with van der Waals surface area (Å²) in [6.45, 7) is 0. The molecule has 0 bridgehead atoms. The van der Waals surface area contributed by atoms with Gasteiger partial charge in [-0.25, -0.2) is 0 Å². The highest BCUT2D eigenvalue weighted by molar-refractivity contribution is 7.07. The fourth-order valence-electron chi connectivity index (χ4n) is 0.227. The van der Waals surface area contributed by atoms with Gasteiger partial charge in [-0.2, -0.15) is 11.3 Å². The Balaban J connectivity index is 0. The largest absolute Gasteiger partial charge is 0.344 e. The van der Waals surface area contributed by atoms with E-state index < -0.39 is 0 Å². The molecule has 0 saturated heterocycles. The summed E-state index contributed by atoms with van der Waals surface area (Å²) in [6.07, 6.45) is 0. The Morgan fingerprint density at radius 1 is 1.00 bits per heavy atom. The second-order valence-electron chi connectivity index (χ2n) is 0.793. The van der Waals surface area contributed by atoms with Crippen molar-refractivity contribution in [3.05, 3.63) is 22.9 Å². The lowest BCUT2D eigenvalue weighted by Crippen LogP contribution is -1.16. The van der Waals surface area contributed by atoms with Crippen LogP contribution in [-0.4, -0.2) is 0 Å². The highest BCUT2D eigenvalue weighted by atomic mass is 32.1. The van der Waals surface area contributed by atoms with E-state index >= 15 is 0 Å². The second kappa shape index (κ2) is 5.66. The number of hydrogen-bond acceptors (Lipinski definition) is 2. The zero-order valence-electron chi connectivity index (χ0n) is 3.42. The van der Waals surface area contributed by atoms with Crippen LogP contribution in [0.5, 0.6) is 0 Å². The van der Waals surface area contributed by atoms with Crippen LogP contribution < -0.4 is 6.15 Å². The number of thiophene rings is 1. The molecule has 0 saturated carbocycles. The van der Waals surface area contributed by atoms with E-state index in [1.807, 2.05) is 22.9 Å². The summed E-state index contributed by atoms with van der Waals surface area (Å²) in [6, 6.07) is 4.04. The topological polar surface area (TPSA) is 35.0 Å². The first-order valence-corrected chi connectivity index (χ1v) is 2.41. The van der Waals surface area contributed by atoms with E-state index in [1.165, 1.54) is 0 Å². The van der Waals surface area contributed by atoms with Crippen molar-refractivity contribution in [2.75, 3.05) is 0 Å². The molecule has 1 aromatic rings. The molecular weight excluding hydrogens is 106 g/mol. The number of hydrogen-bond donors (Lipinski definition) is 1. The Labute approximate surface area is 48.6 Å². The van der Waals surface area contributed by atoms with E-state index in [-0.39, 0.29) is 13.6 Å². The summed E-state index contributed by atoms with van der Waals surface area (Å²) >= 11 is 1.71. The molecule has 0 aliphatic heterocycles. The zero-order chi connectivity index (χ0) is 3.54. The molecule has 0 aliphatic rings. The molecule has 0 radical (unpaired) electrons. The first-order chi connectivity index (χ1) is 2.50. The average Bonchev–Trinajstić information content (AvgIpc) is 1.76. The predicted molar refractivity (Wildman–Crippen MR) is 36.1 cm³/mol. The van der Waals surface area contributed by atoms with Crippen molar-refractivity contribution in [1.82, 2.24) is 6.15 Å². The van der Waals surface area contributed by atoms with Gasteiger partial charge in [-0.05, 0) is 10.8 Å². The van der Waals surface area contributed by atoms with Crippen molar-refractivity contribution in [2.24, 2.45) is 0 Å². The Bertz CT molecular complexity index is 64.6. The molecule has 7 heavy (non-hydrogen) atoms. The fraction of sp³-hybridized carbons (Fsp3) is 0.200. The lowest BCUT2D eigenvalue weighted by Gasteiger charge is -1.39. The van der Waals surface area contributed by atoms with Gasteiger partial charge in [0.2, 0.25) is 0 Å². The SMILES string of the molecule is C.N.c1ccsc1. The molecule has 0 fully saturated rings. The third-order valence-corrected chi connectivity index (χ3v) is 1.05. The molecule has 0 unspecified atom stereocenters. The van der Waals surface area contributed by atoms with Crippen LogP contribution in [0.25, 0.3) is 0 Å². The highest BCUT2D eigenvalue weighted by Crippen LogP contribution is 1.91. The molecule has 0 atom stereocenters. The molecule has 1 heterocycles. The summed E-state index contributed by atoms with van der Waals surface area (Å²) in [5, 5.41) is 4.08. The van der Waals surface area contributed by atoms with Gasteiger partial charge in [0.25, 0.3) is 0 Å². The molecule has 3 N–H and O–H groups in total. The first-order valence-electron chi connectivity index (χ1n) is 1.47. The minimum Gasteiger partial charge on any atom is -0.344 e. The molecule has 1 nitrogen and oxygen atoms in total. The van der Waals surface area contributed by atoms with Gasteiger partial charge in [0.05, 0.1) is 0 Å². The van der Waals surface area contributed by atoms with E-state index in [2.05, 4.69) is 0 Å². The summed E-state index contributed by atoms with van der Waals surface area (Å²) in [7, 11) is 0. The van der Waals surface area contributed by atoms with Gasteiger partial charge in [-0.3, -0.25) is 0 Å². The van der Waals surface area contributed by atoms with Crippen LogP contribution in [0.1, 0.15) is 7.43 Å². The molecule has 42 valence electrons. The van der Waals surface area contributed by atoms with Crippen molar-refractivity contribution in [3.8, 4) is 0 Å². The molecule has 2 heteroatoms. The monoisotopic (exact) mass is 117 g/mol. The van der Waals surface area contributed by atoms with Gasteiger partial charge in [-0.1, -0.05) is 19.6 Å². The first kappa shape index (κ1) is 9.83. The quantitative estimate of drug-likeness (QED) is 0.556. The predicted octanol–water partition coefficient (Wildman–Crippen LogP) is 2.55. The van der Waals surface area contributed by atoms with Crippen LogP contribution >= 0.6 is 11.3 Å². The van der Waals surface area contributed by atoms with Gasteiger partial charge >= 0.3 is 0 Å². The summed E-state index contributed by atoms with van der Waals surface area (Å²) in [4.78, 5) is 0. The van der Waals surface area contributed by atoms with E-state index in [0.717, 1.165) is 0 Å². The van der Waals surface area contributed by atoms with Crippen LogP contribution in [0.3, 0.4) is 0 Å². The zero-order valence-corrected chi connectivity index (χ0v) is 4.24. The van der Waals surface area contributed by atoms with Crippen LogP contribution in [-0.2, 0) is 0 Å². The summed E-state index contributed by atoms with van der Waals surface area (Å²) < 4.78 is 0. The molecule has 0 aromatic carbocycles. The maximum Gasteiger partial charge on any atom is -0.00934 e. The lowest BCUT2D eigenvalue weighted by atomic mass is 10.7. The van der Waals surface area contributed by atoms with E-state index in [1.54, 1.807) is 11.3 Å². The lowest BCUT2D eigenvalue weighted by molar-refractivity contribution is 2.03. The third kappa shape index (κ3) is 3.49. The minimum atomic E-state index is 0. The van der Waals surface area contributed by atoms with Crippen molar-refractivity contribution in [1.29, 1.82) is 0 Å². The van der Waals surface area contributed by atoms with Crippen LogP contribution in [0.2, 0.25) is 0 Å². The normalized spacial score (nSPS) is 5.71. The molecule has 1 aromatic heterocycles. The van der Waals surface area contributed by atoms with Gasteiger partial charge < -0.3 is 6.15 Å². The Hall–Kier alpha value is -0.340. The maximum atomic E-state index is 2.04. The molecule has 0 amide bonds. The summed E-state index contributed by atoms with van der Waals surface area (Å²) in [5.41, 5.74) is 0. The second-order valence-corrected chi connectivity index (χ2v) is 1.61. The highest BCUT2D eigenvalue weighted by Gasteiger charge is 1.58. The van der Waals surface area contributed by atoms with Crippen LogP contribution in [0.15, 0.2) is 22.9 Å².